The van der Waals surface area contributed by atoms with Crippen molar-refractivity contribution in [1.82, 2.24) is 15.5 Å². The second-order valence-electron chi connectivity index (χ2n) is 4.83. The van der Waals surface area contributed by atoms with Crippen LogP contribution >= 0.6 is 0 Å². The van der Waals surface area contributed by atoms with E-state index in [-0.39, 0.29) is 7.47 Å². The second-order valence-corrected chi connectivity index (χ2v) is 4.83. The van der Waals surface area contributed by atoms with Crippen molar-refractivity contribution >= 4 is 0 Å². The average molecular weight is 245 g/mol. The Hall–Kier alpha value is -1.68. The third kappa shape index (κ3) is 2.29. The first-order valence-electron chi connectivity index (χ1n) is 6.47. The molecule has 18 heavy (non-hydrogen) atoms. The first-order valence-corrected chi connectivity index (χ1v) is 6.47. The van der Waals surface area contributed by atoms with Crippen molar-refractivity contribution in [3.8, 4) is 11.4 Å². The van der Waals surface area contributed by atoms with Gasteiger partial charge in [-0.3, -0.25) is 0 Å². The number of nitrogens with zero attached hydrogens (tertiary/aromatic N) is 2. The number of nitrogens with one attached hydrogen (secondary N) is 1. The van der Waals surface area contributed by atoms with Crippen LogP contribution in [0.2, 0.25) is 0 Å². The molecule has 1 unspecified atom stereocenters. The van der Waals surface area contributed by atoms with Gasteiger partial charge in [-0.1, -0.05) is 35.3 Å². The number of piperidine rings is 1. The molecule has 96 valence electrons. The largest absolute Gasteiger partial charge is 0.337 e. The molecule has 1 aromatic carbocycles. The van der Waals surface area contributed by atoms with Crippen LogP contribution in [-0.4, -0.2) is 16.7 Å². The number of aryl methyl sites for hydroxylation is 1. The van der Waals surface area contributed by atoms with Gasteiger partial charge in [-0.15, -0.1) is 0 Å². The van der Waals surface area contributed by atoms with Crippen LogP contribution in [0.1, 0.15) is 38.2 Å². The lowest BCUT2D eigenvalue weighted by Crippen LogP contribution is -2.26. The summed E-state index contributed by atoms with van der Waals surface area (Å²) in [5, 5.41) is 7.49. The van der Waals surface area contributed by atoms with E-state index in [1.54, 1.807) is 0 Å². The zero-order valence-electron chi connectivity index (χ0n) is 10.5. The molecule has 0 radical (unpaired) electrons. The lowest BCUT2D eigenvalue weighted by molar-refractivity contribution is 0.297. The second kappa shape index (κ2) is 4.90. The van der Waals surface area contributed by atoms with Crippen LogP contribution in [0, 0.1) is 6.92 Å². The van der Waals surface area contributed by atoms with Gasteiger partial charge in [0, 0.05) is 6.99 Å². The summed E-state index contributed by atoms with van der Waals surface area (Å²) < 4.78 is 5.37. The number of hydrogen-bond donors (Lipinski definition) is 1. The van der Waals surface area contributed by atoms with Gasteiger partial charge in [0.2, 0.25) is 11.7 Å². The van der Waals surface area contributed by atoms with Gasteiger partial charge in [0.1, 0.15) is 0 Å². The highest BCUT2D eigenvalue weighted by molar-refractivity contribution is 5.55. The van der Waals surface area contributed by atoms with Gasteiger partial charge < -0.3 is 9.84 Å². The summed E-state index contributed by atoms with van der Waals surface area (Å²) >= 11 is 0. The van der Waals surface area contributed by atoms with Gasteiger partial charge in [-0.2, -0.15) is 4.98 Å². The maximum atomic E-state index is 5.37. The topological polar surface area (TPSA) is 51.0 Å². The molecule has 4 heteroatoms. The zero-order chi connectivity index (χ0) is 12.4. The first kappa shape index (κ1) is 11.4. The lowest BCUT2D eigenvalue weighted by Gasteiger charge is -2.19. The quantitative estimate of drug-likeness (QED) is 0.883. The molecule has 0 amide bonds. The van der Waals surface area contributed by atoms with Crippen LogP contribution in [0.25, 0.3) is 11.4 Å². The molecule has 3 rings (SSSR count). The fourth-order valence-electron chi connectivity index (χ4n) is 2.34. The molecule has 0 bridgehead atoms. The Kier molecular flexibility index (Phi) is 3.11. The molecule has 4 nitrogen and oxygen atoms in total. The molecule has 1 atom stereocenters. The molecule has 0 spiro atoms. The predicted molar refractivity (Wildman–Crippen MR) is 71.2 cm³/mol. The third-order valence-electron chi connectivity index (χ3n) is 3.33. The minimum absolute atomic E-state index is 0. The third-order valence-corrected chi connectivity index (χ3v) is 3.33. The van der Waals surface area contributed by atoms with E-state index >= 15 is 0 Å². The van der Waals surface area contributed by atoms with Gasteiger partial charge in [0.15, 0.2) is 0 Å². The Morgan fingerprint density at radius 1 is 1.39 bits per heavy atom. The van der Waals surface area contributed by atoms with Crippen molar-refractivity contribution in [1.29, 1.82) is 0 Å². The molecule has 1 aliphatic heterocycles. The maximum Gasteiger partial charge on any atom is 0.244 e. The van der Waals surface area contributed by atoms with Gasteiger partial charge in [-0.05, 0) is 32.4 Å². The fourth-order valence-corrected chi connectivity index (χ4v) is 2.34. The number of rotatable bonds is 2. The van der Waals surface area contributed by atoms with Crippen molar-refractivity contribution in [2.45, 2.75) is 32.2 Å². The van der Waals surface area contributed by atoms with E-state index in [0.29, 0.717) is 11.7 Å². The van der Waals surface area contributed by atoms with Crippen LogP contribution in [0.5, 0.6) is 0 Å². The minimum atomic E-state index is 0. The molecule has 2 heterocycles. The van der Waals surface area contributed by atoms with Crippen molar-refractivity contribution in [3.05, 3.63) is 35.7 Å². The zero-order valence-corrected chi connectivity index (χ0v) is 10.5. The van der Waals surface area contributed by atoms with E-state index in [4.69, 9.17) is 4.52 Å². The van der Waals surface area contributed by atoms with Crippen LogP contribution < -0.4 is 5.32 Å². The Bertz CT molecular complexity index is 535. The van der Waals surface area contributed by atoms with Crippen molar-refractivity contribution in [2.75, 3.05) is 6.54 Å². The summed E-state index contributed by atoms with van der Waals surface area (Å²) in [6.45, 7) is 3.10. The van der Waals surface area contributed by atoms with Crippen LogP contribution in [0.3, 0.4) is 0 Å². The molecule has 1 aliphatic rings. The fraction of sp³-hybridized carbons (Fsp3) is 0.429. The highest BCUT2D eigenvalue weighted by Crippen LogP contribution is 2.24. The van der Waals surface area contributed by atoms with Gasteiger partial charge in [0.05, 0.1) is 6.04 Å². The molecule has 1 aromatic heterocycles. The highest BCUT2D eigenvalue weighted by atomic mass is 16.5. The number of benzene rings is 1. The molecular weight excluding hydrogens is 226 g/mol. The van der Waals surface area contributed by atoms with E-state index in [9.17, 15) is 0 Å². The Labute approximate surface area is 108 Å². The Balaban J connectivity index is 0.00000133. The molecule has 0 aliphatic carbocycles. The van der Waals surface area contributed by atoms with Crippen molar-refractivity contribution < 1.29 is 5.95 Å². The van der Waals surface area contributed by atoms with Gasteiger partial charge in [-0.25, -0.2) is 0 Å². The van der Waals surface area contributed by atoms with E-state index in [1.807, 2.05) is 12.1 Å². The molecular formula is C14H19N3O. The smallest absolute Gasteiger partial charge is 0.244 e. The summed E-state index contributed by atoms with van der Waals surface area (Å²) in [4.78, 5) is 4.50. The van der Waals surface area contributed by atoms with Crippen molar-refractivity contribution in [2.24, 2.45) is 0 Å². The van der Waals surface area contributed by atoms with E-state index < -0.39 is 0 Å². The molecule has 1 N–H and O–H groups in total. The lowest BCUT2D eigenvalue weighted by atomic mass is 10.1. The van der Waals surface area contributed by atoms with Gasteiger partial charge in [0.25, 0.3) is 0 Å². The average Bonchev–Trinajstić information content (AvgIpc) is 2.89. The van der Waals surface area contributed by atoms with Crippen molar-refractivity contribution in [3.63, 3.8) is 0 Å². The van der Waals surface area contributed by atoms with E-state index in [0.717, 1.165) is 18.5 Å². The minimum Gasteiger partial charge on any atom is -0.337 e. The molecule has 2 aromatic rings. The normalized spacial score (nSPS) is 19.9. The summed E-state index contributed by atoms with van der Waals surface area (Å²) in [7, 11) is 0. The first-order chi connectivity index (χ1) is 8.83. The molecule has 0 saturated carbocycles. The van der Waals surface area contributed by atoms with Crippen LogP contribution in [0.15, 0.2) is 28.8 Å². The standard InChI is InChI=1S/C14H17N3O.H2/c1-10-5-4-6-11(9-10)13-16-14(18-17-13)12-7-2-3-8-15-12;/h4-6,9,12,15H,2-3,7-8H2,1H3;1H. The SMILES string of the molecule is Cc1cccc(-c2noc(C3CCCCN3)n2)c1.[HH]. The Morgan fingerprint density at radius 2 is 2.33 bits per heavy atom. The number of aromatic nitrogens is 2. The molecule has 1 saturated heterocycles. The summed E-state index contributed by atoms with van der Waals surface area (Å²) in [5.41, 5.74) is 2.22. The summed E-state index contributed by atoms with van der Waals surface area (Å²) in [6.07, 6.45) is 3.53. The van der Waals surface area contributed by atoms with Crippen LogP contribution in [0.4, 0.5) is 0 Å². The monoisotopic (exact) mass is 245 g/mol. The summed E-state index contributed by atoms with van der Waals surface area (Å²) in [6, 6.07) is 8.39. The van der Waals surface area contributed by atoms with E-state index in [1.165, 1.54) is 18.4 Å². The molecule has 1 fully saturated rings. The predicted octanol–water partition coefficient (Wildman–Crippen LogP) is 3.11. The summed E-state index contributed by atoms with van der Waals surface area (Å²) in [5.74, 6) is 1.40. The highest BCUT2D eigenvalue weighted by Gasteiger charge is 2.21. The van der Waals surface area contributed by atoms with Crippen LogP contribution in [-0.2, 0) is 0 Å². The Morgan fingerprint density at radius 3 is 3.11 bits per heavy atom. The van der Waals surface area contributed by atoms with Gasteiger partial charge >= 0.3 is 0 Å². The maximum absolute atomic E-state index is 5.37. The van der Waals surface area contributed by atoms with E-state index in [2.05, 4.69) is 34.5 Å². The number of hydrogen-bond acceptors (Lipinski definition) is 4.